The molecule has 0 aliphatic heterocycles. The van der Waals surface area contributed by atoms with Crippen LogP contribution in [0.25, 0.3) is 10.9 Å². The van der Waals surface area contributed by atoms with Crippen molar-refractivity contribution in [1.82, 2.24) is 20.1 Å². The van der Waals surface area contributed by atoms with Gasteiger partial charge in [0.2, 0.25) is 0 Å². The van der Waals surface area contributed by atoms with Crippen LogP contribution in [0.1, 0.15) is 41.6 Å². The van der Waals surface area contributed by atoms with Crippen molar-refractivity contribution in [1.29, 1.82) is 0 Å². The summed E-state index contributed by atoms with van der Waals surface area (Å²) in [5.74, 6) is -0.409. The van der Waals surface area contributed by atoms with Crippen molar-refractivity contribution < 1.29 is 17.9 Å². The zero-order valence-electron chi connectivity index (χ0n) is 18.5. The summed E-state index contributed by atoms with van der Waals surface area (Å²) in [5.41, 5.74) is 0.773. The van der Waals surface area contributed by atoms with Gasteiger partial charge in [-0.2, -0.15) is 5.10 Å². The predicted octanol–water partition coefficient (Wildman–Crippen LogP) is 2.35. The first-order valence-corrected chi connectivity index (χ1v) is 13.6. The van der Waals surface area contributed by atoms with E-state index in [0.29, 0.717) is 36.6 Å². The van der Waals surface area contributed by atoms with E-state index in [-0.39, 0.29) is 29.8 Å². The van der Waals surface area contributed by atoms with Crippen molar-refractivity contribution in [3.8, 4) is 5.88 Å². The first-order valence-electron chi connectivity index (χ1n) is 11.0. The van der Waals surface area contributed by atoms with Crippen molar-refractivity contribution >= 4 is 49.2 Å². The Hall–Kier alpha value is -2.54. The number of hydrogen-bond donors (Lipinski definition) is 1. The maximum atomic E-state index is 13.0. The fourth-order valence-corrected chi connectivity index (χ4v) is 7.05. The Morgan fingerprint density at radius 3 is 2.74 bits per heavy atom. The van der Waals surface area contributed by atoms with Gasteiger partial charge in [-0.15, -0.1) is 5.10 Å². The van der Waals surface area contributed by atoms with E-state index in [2.05, 4.69) is 38.1 Å². The fraction of sp³-hybridized carbons (Fsp3) is 0.391. The van der Waals surface area contributed by atoms with E-state index in [1.807, 2.05) is 24.3 Å². The molecule has 9 nitrogen and oxygen atoms in total. The Balaban J connectivity index is 1.39. The third-order valence-electron chi connectivity index (χ3n) is 6.42. The topological polar surface area (TPSA) is 120 Å². The second-order valence-electron chi connectivity index (χ2n) is 8.90. The molecule has 2 fully saturated rings. The highest BCUT2D eigenvalue weighted by molar-refractivity contribution is 14.1. The van der Waals surface area contributed by atoms with Crippen LogP contribution in [0.5, 0.6) is 5.88 Å². The lowest BCUT2D eigenvalue weighted by Crippen LogP contribution is -2.34. The average molecular weight is 594 g/mol. The number of aryl methyl sites for hydroxylation is 1. The van der Waals surface area contributed by atoms with Gasteiger partial charge in [0.25, 0.3) is 17.3 Å². The van der Waals surface area contributed by atoms with Gasteiger partial charge in [0.1, 0.15) is 22.4 Å². The highest BCUT2D eigenvalue weighted by Crippen LogP contribution is 2.50. The Morgan fingerprint density at radius 2 is 2.06 bits per heavy atom. The first-order chi connectivity index (χ1) is 16.2. The van der Waals surface area contributed by atoms with Gasteiger partial charge in [0, 0.05) is 22.5 Å². The van der Waals surface area contributed by atoms with Crippen LogP contribution in [-0.4, -0.2) is 45.7 Å². The Kier molecular flexibility index (Phi) is 5.87. The van der Waals surface area contributed by atoms with Crippen LogP contribution in [-0.2, 0) is 23.4 Å². The largest absolute Gasteiger partial charge is 0.473 e. The highest BCUT2D eigenvalue weighted by atomic mass is 127. The number of aromatic nitrogens is 3. The zero-order chi connectivity index (χ0) is 24.1. The molecule has 0 unspecified atom stereocenters. The molecule has 0 bridgehead atoms. The van der Waals surface area contributed by atoms with Gasteiger partial charge in [-0.1, -0.05) is 12.1 Å². The van der Waals surface area contributed by atoms with Crippen molar-refractivity contribution in [2.75, 3.05) is 6.61 Å². The van der Waals surface area contributed by atoms with Crippen LogP contribution in [0.4, 0.5) is 0 Å². The molecule has 1 amide bonds. The highest BCUT2D eigenvalue weighted by Gasteiger charge is 2.60. The predicted molar refractivity (Wildman–Crippen MR) is 135 cm³/mol. The number of sulfone groups is 1. The van der Waals surface area contributed by atoms with Gasteiger partial charge in [-0.05, 0) is 72.0 Å². The number of benzene rings is 1. The second-order valence-corrected chi connectivity index (χ2v) is 12.8. The van der Waals surface area contributed by atoms with Crippen LogP contribution < -0.4 is 15.6 Å². The van der Waals surface area contributed by atoms with Crippen molar-refractivity contribution in [3.05, 3.63) is 61.6 Å². The standard InChI is InChI=1S/C23H23IN4O5S/c1-28-19-15(10-18(22(28)30)20(29)25-11-14-3-2-4-16(24)9-14)12-26-27-21(19)33-13-23(7-8-23)34(31,32)17-5-6-17/h2-4,9-10,12,17H,5-8,11,13H2,1H3,(H,25,29). The quantitative estimate of drug-likeness (QED) is 0.398. The molecule has 11 heteroatoms. The number of pyridine rings is 1. The van der Waals surface area contributed by atoms with Gasteiger partial charge >= 0.3 is 0 Å². The Labute approximate surface area is 210 Å². The summed E-state index contributed by atoms with van der Waals surface area (Å²) >= 11 is 2.20. The number of carbonyl (C=O) groups excluding carboxylic acids is 1. The first kappa shape index (κ1) is 23.2. The number of ether oxygens (including phenoxy) is 1. The van der Waals surface area contributed by atoms with E-state index in [1.54, 1.807) is 0 Å². The third kappa shape index (κ3) is 4.19. The van der Waals surface area contributed by atoms with Gasteiger partial charge < -0.3 is 14.6 Å². The van der Waals surface area contributed by atoms with E-state index >= 15 is 0 Å². The molecule has 0 saturated heterocycles. The lowest BCUT2D eigenvalue weighted by molar-refractivity contribution is 0.0949. The average Bonchev–Trinajstić information content (AvgIpc) is 3.72. The van der Waals surface area contributed by atoms with E-state index in [4.69, 9.17) is 4.74 Å². The molecule has 2 saturated carbocycles. The zero-order valence-corrected chi connectivity index (χ0v) is 21.4. The summed E-state index contributed by atoms with van der Waals surface area (Å²) in [6.07, 6.45) is 4.00. The molecule has 0 spiro atoms. The summed E-state index contributed by atoms with van der Waals surface area (Å²) in [7, 11) is -1.71. The molecule has 5 rings (SSSR count). The summed E-state index contributed by atoms with van der Waals surface area (Å²) in [6.45, 7) is 0.267. The minimum Gasteiger partial charge on any atom is -0.473 e. The van der Waals surface area contributed by atoms with Crippen molar-refractivity contribution in [3.63, 3.8) is 0 Å². The normalized spacial score (nSPS) is 16.9. The maximum absolute atomic E-state index is 13.0. The smallest absolute Gasteiger partial charge is 0.263 e. The van der Waals surface area contributed by atoms with E-state index < -0.39 is 26.1 Å². The molecule has 0 radical (unpaired) electrons. The Bertz CT molecular complexity index is 1460. The SMILES string of the molecule is Cn1c(=O)c(C(=O)NCc2cccc(I)c2)cc2cnnc(OCC3(S(=O)(=O)C4CC4)CC3)c21. The summed E-state index contributed by atoms with van der Waals surface area (Å²) in [5, 5.41) is 11.0. The van der Waals surface area contributed by atoms with Crippen molar-refractivity contribution in [2.24, 2.45) is 7.05 Å². The van der Waals surface area contributed by atoms with Gasteiger partial charge in [-0.25, -0.2) is 8.42 Å². The third-order valence-corrected chi connectivity index (χ3v) is 10.2. The van der Waals surface area contributed by atoms with Crippen LogP contribution >= 0.6 is 22.6 Å². The molecule has 178 valence electrons. The van der Waals surface area contributed by atoms with Crippen LogP contribution in [0.2, 0.25) is 0 Å². The van der Waals surface area contributed by atoms with Crippen LogP contribution in [0.3, 0.4) is 0 Å². The summed E-state index contributed by atoms with van der Waals surface area (Å²) < 4.78 is 32.9. The minimum atomic E-state index is -3.24. The second kappa shape index (κ2) is 8.59. The minimum absolute atomic E-state index is 0.0189. The van der Waals surface area contributed by atoms with Crippen LogP contribution in [0.15, 0.2) is 41.3 Å². The number of fused-ring (bicyclic) bond motifs is 1. The molecular weight excluding hydrogens is 571 g/mol. The van der Waals surface area contributed by atoms with Gasteiger partial charge in [0.05, 0.1) is 11.4 Å². The lowest BCUT2D eigenvalue weighted by Gasteiger charge is -2.17. The van der Waals surface area contributed by atoms with Gasteiger partial charge in [0.15, 0.2) is 9.84 Å². The van der Waals surface area contributed by atoms with Gasteiger partial charge in [-0.3, -0.25) is 9.59 Å². The molecular formula is C23H23IN4O5S. The number of halogens is 1. The Morgan fingerprint density at radius 1 is 1.29 bits per heavy atom. The number of amides is 1. The molecule has 1 N–H and O–H groups in total. The van der Waals surface area contributed by atoms with E-state index in [1.165, 1.54) is 23.9 Å². The summed E-state index contributed by atoms with van der Waals surface area (Å²) in [6, 6.07) is 9.18. The number of hydrogen-bond acceptors (Lipinski definition) is 7. The molecule has 2 heterocycles. The fourth-order valence-electron chi connectivity index (χ4n) is 4.08. The molecule has 2 aliphatic carbocycles. The number of rotatable bonds is 8. The number of nitrogens with zero attached hydrogens (tertiary/aromatic N) is 3. The molecule has 2 aromatic heterocycles. The lowest BCUT2D eigenvalue weighted by atomic mass is 10.1. The van der Waals surface area contributed by atoms with E-state index in [9.17, 15) is 18.0 Å². The monoisotopic (exact) mass is 594 g/mol. The molecule has 0 atom stereocenters. The van der Waals surface area contributed by atoms with E-state index in [0.717, 1.165) is 9.13 Å². The molecule has 3 aromatic rings. The number of carbonyl (C=O) groups is 1. The maximum Gasteiger partial charge on any atom is 0.263 e. The molecule has 34 heavy (non-hydrogen) atoms. The summed E-state index contributed by atoms with van der Waals surface area (Å²) in [4.78, 5) is 25.8. The van der Waals surface area contributed by atoms with Crippen molar-refractivity contribution in [2.45, 2.75) is 42.2 Å². The molecule has 2 aliphatic rings. The number of nitrogens with one attached hydrogen (secondary N) is 1. The van der Waals surface area contributed by atoms with Crippen LogP contribution in [0, 0.1) is 3.57 Å². The molecule has 1 aromatic carbocycles.